The Kier molecular flexibility index (Phi) is 10.3. The monoisotopic (exact) mass is 287 g/mol. The molecule has 1 atom stereocenters. The highest BCUT2D eigenvalue weighted by molar-refractivity contribution is 5.80. The molecule has 0 spiro atoms. The molecule has 0 radical (unpaired) electrons. The molecule has 7 heteroatoms. The van der Waals surface area contributed by atoms with Crippen molar-refractivity contribution in [3.05, 3.63) is 0 Å². The zero-order valence-corrected chi connectivity index (χ0v) is 12.2. The number of carboxylic acids is 1. The minimum Gasteiger partial charge on any atom is -0.481 e. The van der Waals surface area contributed by atoms with Gasteiger partial charge in [-0.05, 0) is 26.8 Å². The van der Waals surface area contributed by atoms with Crippen molar-refractivity contribution in [2.24, 2.45) is 0 Å². The molecular weight excluding hydrogens is 262 g/mol. The van der Waals surface area contributed by atoms with Crippen molar-refractivity contribution in [2.75, 3.05) is 20.1 Å². The summed E-state index contributed by atoms with van der Waals surface area (Å²) in [7, 11) is 1.68. The van der Waals surface area contributed by atoms with E-state index < -0.39 is 5.97 Å². The second-order valence-electron chi connectivity index (χ2n) is 4.76. The molecule has 116 valence electrons. The van der Waals surface area contributed by atoms with Crippen LogP contribution in [-0.4, -0.2) is 49.1 Å². The van der Waals surface area contributed by atoms with Gasteiger partial charge in [0.1, 0.15) is 0 Å². The highest BCUT2D eigenvalue weighted by Crippen LogP contribution is 1.99. The molecule has 0 heterocycles. The second-order valence-corrected chi connectivity index (χ2v) is 4.76. The van der Waals surface area contributed by atoms with E-state index in [4.69, 9.17) is 5.11 Å². The molecule has 0 aromatic rings. The van der Waals surface area contributed by atoms with Gasteiger partial charge in [-0.2, -0.15) is 0 Å². The third kappa shape index (κ3) is 11.5. The van der Waals surface area contributed by atoms with Gasteiger partial charge < -0.3 is 21.1 Å². The van der Waals surface area contributed by atoms with Crippen LogP contribution < -0.4 is 16.0 Å². The molecule has 0 aromatic carbocycles. The molecule has 4 N–H and O–H groups in total. The summed E-state index contributed by atoms with van der Waals surface area (Å²) in [5, 5.41) is 16.7. The van der Waals surface area contributed by atoms with Crippen LogP contribution >= 0.6 is 0 Å². The van der Waals surface area contributed by atoms with Crippen molar-refractivity contribution in [3.8, 4) is 0 Å². The van der Waals surface area contributed by atoms with Crippen molar-refractivity contribution < 1.29 is 19.5 Å². The van der Waals surface area contributed by atoms with Crippen LogP contribution in [0.15, 0.2) is 0 Å². The van der Waals surface area contributed by atoms with Crippen LogP contribution in [0.2, 0.25) is 0 Å². The summed E-state index contributed by atoms with van der Waals surface area (Å²) in [5.74, 6) is -1.04. The average molecular weight is 287 g/mol. The summed E-state index contributed by atoms with van der Waals surface area (Å²) in [4.78, 5) is 33.1. The zero-order valence-electron chi connectivity index (χ0n) is 12.2. The van der Waals surface area contributed by atoms with Gasteiger partial charge in [0, 0.05) is 25.4 Å². The second kappa shape index (κ2) is 11.2. The van der Waals surface area contributed by atoms with Gasteiger partial charge in [-0.15, -0.1) is 0 Å². The Morgan fingerprint density at radius 2 is 1.80 bits per heavy atom. The van der Waals surface area contributed by atoms with Gasteiger partial charge in [0.15, 0.2) is 0 Å². The van der Waals surface area contributed by atoms with E-state index in [1.54, 1.807) is 14.0 Å². The molecule has 7 nitrogen and oxygen atoms in total. The summed E-state index contributed by atoms with van der Waals surface area (Å²) in [5.41, 5.74) is 0. The smallest absolute Gasteiger partial charge is 0.303 e. The van der Waals surface area contributed by atoms with Crippen molar-refractivity contribution in [1.82, 2.24) is 16.0 Å². The molecule has 1 unspecified atom stereocenters. The summed E-state index contributed by atoms with van der Waals surface area (Å²) in [6.07, 6.45) is 2.58. The van der Waals surface area contributed by atoms with Crippen LogP contribution in [0.4, 0.5) is 0 Å². The lowest BCUT2D eigenvalue weighted by Crippen LogP contribution is -2.40. The van der Waals surface area contributed by atoms with Crippen molar-refractivity contribution in [1.29, 1.82) is 0 Å². The van der Waals surface area contributed by atoms with Crippen molar-refractivity contribution >= 4 is 17.8 Å². The van der Waals surface area contributed by atoms with Crippen LogP contribution in [-0.2, 0) is 14.4 Å². The van der Waals surface area contributed by atoms with E-state index in [2.05, 4.69) is 16.0 Å². The summed E-state index contributed by atoms with van der Waals surface area (Å²) >= 11 is 0. The normalized spacial score (nSPS) is 11.7. The molecule has 0 rings (SSSR count). The maximum absolute atomic E-state index is 11.6. The molecule has 0 aliphatic carbocycles. The van der Waals surface area contributed by atoms with E-state index in [1.165, 1.54) is 0 Å². The average Bonchev–Trinajstić information content (AvgIpc) is 2.33. The molecule has 0 aliphatic heterocycles. The maximum Gasteiger partial charge on any atom is 0.303 e. The lowest BCUT2D eigenvalue weighted by Gasteiger charge is -2.13. The molecule has 0 fully saturated rings. The van der Waals surface area contributed by atoms with Gasteiger partial charge >= 0.3 is 5.97 Å². The van der Waals surface area contributed by atoms with Crippen LogP contribution in [0.1, 0.15) is 39.0 Å². The number of hydrogen-bond donors (Lipinski definition) is 4. The molecule has 0 bridgehead atoms. The third-order valence-electron chi connectivity index (χ3n) is 2.63. The number of amides is 2. The Labute approximate surface area is 119 Å². The van der Waals surface area contributed by atoms with E-state index in [-0.39, 0.29) is 37.2 Å². The number of rotatable bonds is 11. The standard InChI is InChI=1S/C13H25N3O4/c1-10(16-12(18)9-14-2)8-11(17)15-7-5-3-4-6-13(19)20/h10,14H,3-9H2,1-2H3,(H,15,17)(H,16,18)(H,19,20). The molecule has 0 saturated heterocycles. The first-order valence-corrected chi connectivity index (χ1v) is 6.88. The van der Waals surface area contributed by atoms with Gasteiger partial charge in [-0.1, -0.05) is 6.42 Å². The van der Waals surface area contributed by atoms with Gasteiger partial charge in [-0.3, -0.25) is 14.4 Å². The minimum atomic E-state index is -0.792. The fraction of sp³-hybridized carbons (Fsp3) is 0.769. The zero-order chi connectivity index (χ0) is 15.4. The van der Waals surface area contributed by atoms with E-state index in [0.717, 1.165) is 12.8 Å². The van der Waals surface area contributed by atoms with Crippen molar-refractivity contribution in [2.45, 2.75) is 45.1 Å². The van der Waals surface area contributed by atoms with Gasteiger partial charge in [0.05, 0.1) is 6.54 Å². The fourth-order valence-electron chi connectivity index (χ4n) is 1.69. The van der Waals surface area contributed by atoms with Gasteiger partial charge in [-0.25, -0.2) is 0 Å². The predicted octanol–water partition coefficient (Wildman–Crippen LogP) is -0.138. The number of hydrogen-bond acceptors (Lipinski definition) is 4. The first-order valence-electron chi connectivity index (χ1n) is 6.88. The minimum absolute atomic E-state index is 0.111. The SMILES string of the molecule is CNCC(=O)NC(C)CC(=O)NCCCCCC(=O)O. The topological polar surface area (TPSA) is 108 Å². The largest absolute Gasteiger partial charge is 0.481 e. The van der Waals surface area contributed by atoms with Gasteiger partial charge in [0.2, 0.25) is 11.8 Å². The van der Waals surface area contributed by atoms with E-state index in [0.29, 0.717) is 13.0 Å². The van der Waals surface area contributed by atoms with Crippen molar-refractivity contribution in [3.63, 3.8) is 0 Å². The molecule has 20 heavy (non-hydrogen) atoms. The Morgan fingerprint density at radius 1 is 1.10 bits per heavy atom. The number of unbranched alkanes of at least 4 members (excludes halogenated alkanes) is 2. The van der Waals surface area contributed by atoms with Crippen LogP contribution in [0.3, 0.4) is 0 Å². The van der Waals surface area contributed by atoms with Crippen LogP contribution in [0.5, 0.6) is 0 Å². The predicted molar refractivity (Wildman–Crippen MR) is 75.3 cm³/mol. The Bertz CT molecular complexity index is 321. The van der Waals surface area contributed by atoms with E-state index in [9.17, 15) is 14.4 Å². The first-order chi connectivity index (χ1) is 9.45. The summed E-state index contributed by atoms with van der Waals surface area (Å²) in [6, 6.07) is -0.206. The third-order valence-corrected chi connectivity index (χ3v) is 2.63. The lowest BCUT2D eigenvalue weighted by atomic mass is 10.2. The lowest BCUT2D eigenvalue weighted by molar-refractivity contribution is -0.137. The molecule has 0 aromatic heterocycles. The maximum atomic E-state index is 11.6. The summed E-state index contributed by atoms with van der Waals surface area (Å²) < 4.78 is 0. The first kappa shape index (κ1) is 18.4. The molecule has 2 amide bonds. The quantitative estimate of drug-likeness (QED) is 0.396. The number of aliphatic carboxylic acids is 1. The number of carboxylic acid groups (broad SMARTS) is 1. The summed E-state index contributed by atoms with van der Waals surface area (Å²) in [6.45, 7) is 2.55. The molecule has 0 aliphatic rings. The fourth-order valence-corrected chi connectivity index (χ4v) is 1.69. The van der Waals surface area contributed by atoms with Crippen LogP contribution in [0, 0.1) is 0 Å². The number of carbonyl (C=O) groups excluding carboxylic acids is 2. The Balaban J connectivity index is 3.57. The van der Waals surface area contributed by atoms with Gasteiger partial charge in [0.25, 0.3) is 0 Å². The number of nitrogens with one attached hydrogen (secondary N) is 3. The highest BCUT2D eigenvalue weighted by atomic mass is 16.4. The van der Waals surface area contributed by atoms with Crippen LogP contribution in [0.25, 0.3) is 0 Å². The Hall–Kier alpha value is -1.63. The Morgan fingerprint density at radius 3 is 2.40 bits per heavy atom. The number of carbonyl (C=O) groups is 3. The molecular formula is C13H25N3O4. The number of likely N-dealkylation sites (N-methyl/N-ethyl adjacent to an activating group) is 1. The highest BCUT2D eigenvalue weighted by Gasteiger charge is 2.10. The van der Waals surface area contributed by atoms with E-state index >= 15 is 0 Å². The molecule has 0 saturated carbocycles. The van der Waals surface area contributed by atoms with E-state index in [1.807, 2.05) is 0 Å².